The lowest BCUT2D eigenvalue weighted by Crippen LogP contribution is -2.32. The van der Waals surface area contributed by atoms with E-state index >= 15 is 0 Å². The highest BCUT2D eigenvalue weighted by molar-refractivity contribution is 6.21. The van der Waals surface area contributed by atoms with Gasteiger partial charge in [-0.2, -0.15) is 0 Å². The van der Waals surface area contributed by atoms with Crippen molar-refractivity contribution in [1.82, 2.24) is 4.90 Å². The smallest absolute Gasteiger partial charge is 0.262 e. The number of carbonyl (C=O) groups is 2. The Labute approximate surface area is 158 Å². The number of carbonyl (C=O) groups excluding carboxylic acids is 2. The number of hydrogen-bond donors (Lipinski definition) is 0. The first kappa shape index (κ1) is 17.0. The summed E-state index contributed by atoms with van der Waals surface area (Å²) in [6, 6.07) is 24.1. The second-order valence-electron chi connectivity index (χ2n) is 6.55. The van der Waals surface area contributed by atoms with Gasteiger partial charge in [0.1, 0.15) is 12.4 Å². The van der Waals surface area contributed by atoms with Gasteiger partial charge in [0.15, 0.2) is 0 Å². The molecule has 4 rings (SSSR count). The lowest BCUT2D eigenvalue weighted by atomic mass is 10.1. The zero-order valence-corrected chi connectivity index (χ0v) is 15.0. The number of benzene rings is 3. The Hall–Kier alpha value is -3.40. The summed E-state index contributed by atoms with van der Waals surface area (Å²) in [5, 5.41) is 0. The molecule has 1 aliphatic heterocycles. The monoisotopic (exact) mass is 357 g/mol. The minimum Gasteiger partial charge on any atom is -0.489 e. The first-order valence-electron chi connectivity index (χ1n) is 8.89. The predicted molar refractivity (Wildman–Crippen MR) is 103 cm³/mol. The van der Waals surface area contributed by atoms with Crippen LogP contribution in [0.4, 0.5) is 0 Å². The maximum Gasteiger partial charge on any atom is 0.262 e. The molecule has 134 valence electrons. The van der Waals surface area contributed by atoms with Crippen LogP contribution in [0.1, 0.15) is 44.8 Å². The molecule has 0 fully saturated rings. The third-order valence-corrected chi connectivity index (χ3v) is 4.82. The Bertz CT molecular complexity index is 945. The maximum atomic E-state index is 12.6. The SMILES string of the molecule is CC(c1ccc(OCc2ccccc2)cc1)N1C(=O)c2ccccc2C1=O. The summed E-state index contributed by atoms with van der Waals surface area (Å²) in [4.78, 5) is 26.6. The van der Waals surface area contributed by atoms with E-state index in [1.54, 1.807) is 24.3 Å². The zero-order chi connectivity index (χ0) is 18.8. The van der Waals surface area contributed by atoms with E-state index in [2.05, 4.69) is 0 Å². The van der Waals surface area contributed by atoms with Crippen LogP contribution in [0, 0.1) is 0 Å². The molecule has 0 bridgehead atoms. The van der Waals surface area contributed by atoms with Gasteiger partial charge in [0, 0.05) is 0 Å². The molecule has 0 spiro atoms. The molecule has 0 aliphatic carbocycles. The van der Waals surface area contributed by atoms with E-state index in [4.69, 9.17) is 4.74 Å². The van der Waals surface area contributed by atoms with Gasteiger partial charge in [0.2, 0.25) is 0 Å². The maximum absolute atomic E-state index is 12.6. The molecule has 3 aromatic carbocycles. The van der Waals surface area contributed by atoms with Crippen molar-refractivity contribution in [2.45, 2.75) is 19.6 Å². The van der Waals surface area contributed by atoms with Crippen molar-refractivity contribution >= 4 is 11.8 Å². The number of ether oxygens (including phenoxy) is 1. The second-order valence-corrected chi connectivity index (χ2v) is 6.55. The molecule has 0 saturated carbocycles. The van der Waals surface area contributed by atoms with Crippen molar-refractivity contribution in [2.24, 2.45) is 0 Å². The quantitative estimate of drug-likeness (QED) is 0.626. The van der Waals surface area contributed by atoms with Crippen molar-refractivity contribution in [1.29, 1.82) is 0 Å². The van der Waals surface area contributed by atoms with Gasteiger partial charge >= 0.3 is 0 Å². The highest BCUT2D eigenvalue weighted by Gasteiger charge is 2.38. The van der Waals surface area contributed by atoms with Crippen LogP contribution in [0.5, 0.6) is 5.75 Å². The van der Waals surface area contributed by atoms with Gasteiger partial charge in [-0.05, 0) is 42.3 Å². The zero-order valence-electron chi connectivity index (χ0n) is 15.0. The highest BCUT2D eigenvalue weighted by atomic mass is 16.5. The van der Waals surface area contributed by atoms with Crippen LogP contribution in [0.2, 0.25) is 0 Å². The molecule has 2 amide bonds. The summed E-state index contributed by atoms with van der Waals surface area (Å²) < 4.78 is 5.80. The average molecular weight is 357 g/mol. The topological polar surface area (TPSA) is 46.6 Å². The van der Waals surface area contributed by atoms with Crippen LogP contribution in [-0.4, -0.2) is 16.7 Å². The van der Waals surface area contributed by atoms with E-state index in [1.807, 2.05) is 61.5 Å². The van der Waals surface area contributed by atoms with E-state index in [-0.39, 0.29) is 17.9 Å². The Kier molecular flexibility index (Phi) is 4.47. The number of rotatable bonds is 5. The van der Waals surface area contributed by atoms with Gasteiger partial charge in [-0.1, -0.05) is 54.6 Å². The summed E-state index contributed by atoms with van der Waals surface area (Å²) in [5.74, 6) is 0.261. The number of fused-ring (bicyclic) bond motifs is 1. The lowest BCUT2D eigenvalue weighted by Gasteiger charge is -2.23. The Balaban J connectivity index is 1.48. The van der Waals surface area contributed by atoms with Crippen LogP contribution >= 0.6 is 0 Å². The Morgan fingerprint density at radius 1 is 0.778 bits per heavy atom. The largest absolute Gasteiger partial charge is 0.489 e. The van der Waals surface area contributed by atoms with Gasteiger partial charge < -0.3 is 4.74 Å². The number of amides is 2. The predicted octanol–water partition coefficient (Wildman–Crippen LogP) is 4.62. The van der Waals surface area contributed by atoms with Crippen molar-refractivity contribution in [3.8, 4) is 5.75 Å². The van der Waals surface area contributed by atoms with Gasteiger partial charge in [-0.15, -0.1) is 0 Å². The van der Waals surface area contributed by atoms with E-state index < -0.39 is 0 Å². The van der Waals surface area contributed by atoms with E-state index in [1.165, 1.54) is 4.90 Å². The Morgan fingerprint density at radius 2 is 1.33 bits per heavy atom. The first-order chi connectivity index (χ1) is 13.1. The molecular weight excluding hydrogens is 338 g/mol. The lowest BCUT2D eigenvalue weighted by molar-refractivity contribution is 0.0595. The van der Waals surface area contributed by atoms with Crippen LogP contribution in [0.3, 0.4) is 0 Å². The molecule has 0 saturated heterocycles. The number of nitrogens with zero attached hydrogens (tertiary/aromatic N) is 1. The van der Waals surface area contributed by atoms with Crippen LogP contribution in [0.15, 0.2) is 78.9 Å². The van der Waals surface area contributed by atoms with Crippen molar-refractivity contribution in [2.75, 3.05) is 0 Å². The molecule has 0 aromatic heterocycles. The molecule has 3 aromatic rings. The van der Waals surface area contributed by atoms with E-state index in [0.29, 0.717) is 17.7 Å². The molecule has 1 unspecified atom stereocenters. The van der Waals surface area contributed by atoms with Crippen molar-refractivity contribution in [3.63, 3.8) is 0 Å². The number of hydrogen-bond acceptors (Lipinski definition) is 3. The van der Waals surface area contributed by atoms with Gasteiger partial charge in [0.05, 0.1) is 17.2 Å². The molecule has 27 heavy (non-hydrogen) atoms. The summed E-state index contributed by atoms with van der Waals surface area (Å²) in [6.45, 7) is 2.36. The standard InChI is InChI=1S/C23H19NO3/c1-16(24-22(25)20-9-5-6-10-21(20)23(24)26)18-11-13-19(14-12-18)27-15-17-7-3-2-4-8-17/h2-14,16H,15H2,1H3. The molecule has 4 heteroatoms. The molecular formula is C23H19NO3. The fraction of sp³-hybridized carbons (Fsp3) is 0.130. The fourth-order valence-electron chi connectivity index (χ4n) is 3.29. The van der Waals surface area contributed by atoms with Gasteiger partial charge in [-0.3, -0.25) is 14.5 Å². The first-order valence-corrected chi connectivity index (χ1v) is 8.89. The van der Waals surface area contributed by atoms with Crippen LogP contribution in [-0.2, 0) is 6.61 Å². The molecule has 1 atom stereocenters. The van der Waals surface area contributed by atoms with Crippen LogP contribution in [0.25, 0.3) is 0 Å². The summed E-state index contributed by atoms with van der Waals surface area (Å²) in [6.07, 6.45) is 0. The van der Waals surface area contributed by atoms with Crippen molar-refractivity contribution < 1.29 is 14.3 Å². The fourth-order valence-corrected chi connectivity index (χ4v) is 3.29. The normalized spacial score (nSPS) is 14.2. The van der Waals surface area contributed by atoms with Crippen LogP contribution < -0.4 is 4.74 Å². The molecule has 4 nitrogen and oxygen atoms in total. The third-order valence-electron chi connectivity index (χ3n) is 4.82. The Morgan fingerprint density at radius 3 is 1.93 bits per heavy atom. The minimum atomic E-state index is -0.347. The summed E-state index contributed by atoms with van der Waals surface area (Å²) >= 11 is 0. The highest BCUT2D eigenvalue weighted by Crippen LogP contribution is 2.31. The molecule has 0 radical (unpaired) electrons. The average Bonchev–Trinajstić information content (AvgIpc) is 2.98. The third kappa shape index (κ3) is 3.22. The summed E-state index contributed by atoms with van der Waals surface area (Å²) in [5.41, 5.74) is 2.92. The number of imide groups is 1. The van der Waals surface area contributed by atoms with Gasteiger partial charge in [-0.25, -0.2) is 0 Å². The minimum absolute atomic E-state index is 0.243. The van der Waals surface area contributed by atoms with Crippen molar-refractivity contribution in [3.05, 3.63) is 101 Å². The second kappa shape index (κ2) is 7.08. The molecule has 1 aliphatic rings. The molecule has 0 N–H and O–H groups in total. The van der Waals surface area contributed by atoms with E-state index in [9.17, 15) is 9.59 Å². The van der Waals surface area contributed by atoms with Gasteiger partial charge in [0.25, 0.3) is 11.8 Å². The summed E-state index contributed by atoms with van der Waals surface area (Å²) in [7, 11) is 0. The van der Waals surface area contributed by atoms with E-state index in [0.717, 1.165) is 16.9 Å². The molecule has 1 heterocycles.